The van der Waals surface area contributed by atoms with Crippen molar-refractivity contribution >= 4 is 11.9 Å². The molecule has 4 heteroatoms. The van der Waals surface area contributed by atoms with Crippen LogP contribution in [0.3, 0.4) is 0 Å². The molecule has 1 aliphatic rings. The Kier molecular flexibility index (Phi) is 5.99. The first-order valence-corrected chi connectivity index (χ1v) is 8.22. The van der Waals surface area contributed by atoms with Crippen molar-refractivity contribution in [2.75, 3.05) is 6.61 Å². The Balaban J connectivity index is 1.88. The van der Waals surface area contributed by atoms with Crippen molar-refractivity contribution in [1.82, 2.24) is 5.32 Å². The predicted octanol–water partition coefficient (Wildman–Crippen LogP) is 3.03. The van der Waals surface area contributed by atoms with E-state index in [4.69, 9.17) is 4.74 Å². The van der Waals surface area contributed by atoms with Gasteiger partial charge in [-0.25, -0.2) is 4.79 Å². The maximum atomic E-state index is 12.1. The van der Waals surface area contributed by atoms with E-state index in [9.17, 15) is 9.59 Å². The van der Waals surface area contributed by atoms with Gasteiger partial charge in [0.25, 0.3) is 5.91 Å². The molecular formula is C18H25NO3. The molecule has 1 aliphatic carbocycles. The van der Waals surface area contributed by atoms with Crippen LogP contribution in [0.2, 0.25) is 0 Å². The van der Waals surface area contributed by atoms with Crippen LogP contribution in [0.5, 0.6) is 0 Å². The molecule has 0 aromatic heterocycles. The van der Waals surface area contributed by atoms with E-state index in [2.05, 4.69) is 5.32 Å². The summed E-state index contributed by atoms with van der Waals surface area (Å²) in [5.74, 6) is -0.659. The number of aryl methyl sites for hydroxylation is 2. The van der Waals surface area contributed by atoms with Crippen molar-refractivity contribution in [3.63, 3.8) is 0 Å². The lowest BCUT2D eigenvalue weighted by molar-refractivity contribution is -0.125. The first-order chi connectivity index (χ1) is 10.6. The fraction of sp³-hybridized carbons (Fsp3) is 0.556. The Morgan fingerprint density at radius 3 is 2.50 bits per heavy atom. The Labute approximate surface area is 132 Å². The van der Waals surface area contributed by atoms with Crippen LogP contribution in [0.4, 0.5) is 0 Å². The van der Waals surface area contributed by atoms with Gasteiger partial charge >= 0.3 is 5.97 Å². The predicted molar refractivity (Wildman–Crippen MR) is 85.9 cm³/mol. The number of nitrogens with one attached hydrogen (secondary N) is 1. The quantitative estimate of drug-likeness (QED) is 0.822. The molecule has 1 aromatic rings. The Morgan fingerprint density at radius 2 is 1.82 bits per heavy atom. The van der Waals surface area contributed by atoms with E-state index in [1.165, 1.54) is 24.0 Å². The highest BCUT2D eigenvalue weighted by molar-refractivity contribution is 5.91. The summed E-state index contributed by atoms with van der Waals surface area (Å²) in [4.78, 5) is 23.8. The number of benzene rings is 1. The van der Waals surface area contributed by atoms with Crippen LogP contribution >= 0.6 is 0 Å². The van der Waals surface area contributed by atoms with Gasteiger partial charge in [-0.05, 0) is 61.8 Å². The summed E-state index contributed by atoms with van der Waals surface area (Å²) >= 11 is 0. The number of ether oxygens (including phenoxy) is 1. The van der Waals surface area contributed by atoms with Crippen molar-refractivity contribution in [3.05, 3.63) is 34.9 Å². The third-order valence-electron chi connectivity index (χ3n) is 4.27. The molecule has 0 atom stereocenters. The van der Waals surface area contributed by atoms with Gasteiger partial charge in [0.15, 0.2) is 6.61 Å². The van der Waals surface area contributed by atoms with E-state index in [1.807, 2.05) is 26.0 Å². The highest BCUT2D eigenvalue weighted by atomic mass is 16.5. The molecule has 0 saturated heterocycles. The number of esters is 1. The van der Waals surface area contributed by atoms with Crippen molar-refractivity contribution < 1.29 is 14.3 Å². The number of hydrogen-bond donors (Lipinski definition) is 1. The van der Waals surface area contributed by atoms with Gasteiger partial charge in [0.2, 0.25) is 0 Å². The van der Waals surface area contributed by atoms with E-state index in [0.29, 0.717) is 5.56 Å². The molecular weight excluding hydrogens is 278 g/mol. The number of hydrogen-bond acceptors (Lipinski definition) is 3. The maximum Gasteiger partial charge on any atom is 0.338 e. The van der Waals surface area contributed by atoms with Crippen LogP contribution in [-0.2, 0) is 22.4 Å². The first kappa shape index (κ1) is 16.5. The summed E-state index contributed by atoms with van der Waals surface area (Å²) in [6.45, 7) is 3.83. The summed E-state index contributed by atoms with van der Waals surface area (Å²) < 4.78 is 5.12. The molecule has 22 heavy (non-hydrogen) atoms. The number of fused-ring (bicyclic) bond motifs is 1. The topological polar surface area (TPSA) is 55.4 Å². The van der Waals surface area contributed by atoms with E-state index >= 15 is 0 Å². The maximum absolute atomic E-state index is 12.1. The van der Waals surface area contributed by atoms with E-state index in [0.717, 1.165) is 25.7 Å². The second-order valence-corrected chi connectivity index (χ2v) is 5.85. The standard InChI is InChI=1S/C18H25NO3/c1-3-16(4-2)19-17(20)12-22-18(21)15-10-9-13-7-5-6-8-14(13)11-15/h9-11,16H,3-8,12H2,1-2H3,(H,19,20). The van der Waals surface area contributed by atoms with E-state index in [-0.39, 0.29) is 18.6 Å². The molecule has 0 radical (unpaired) electrons. The molecule has 0 saturated carbocycles. The fourth-order valence-electron chi connectivity index (χ4n) is 2.84. The second-order valence-electron chi connectivity index (χ2n) is 5.85. The number of amides is 1. The Morgan fingerprint density at radius 1 is 1.14 bits per heavy atom. The van der Waals surface area contributed by atoms with Crippen molar-refractivity contribution in [1.29, 1.82) is 0 Å². The normalized spacial score (nSPS) is 13.6. The lowest BCUT2D eigenvalue weighted by Crippen LogP contribution is -2.36. The van der Waals surface area contributed by atoms with Gasteiger partial charge < -0.3 is 10.1 Å². The minimum atomic E-state index is -0.423. The van der Waals surface area contributed by atoms with Gasteiger partial charge in [0.1, 0.15) is 0 Å². The van der Waals surface area contributed by atoms with Crippen LogP contribution in [0.25, 0.3) is 0 Å². The zero-order chi connectivity index (χ0) is 15.9. The monoisotopic (exact) mass is 303 g/mol. The molecule has 0 bridgehead atoms. The van der Waals surface area contributed by atoms with Crippen molar-refractivity contribution in [2.45, 2.75) is 58.4 Å². The minimum absolute atomic E-state index is 0.148. The second kappa shape index (κ2) is 7.97. The zero-order valence-corrected chi connectivity index (χ0v) is 13.5. The molecule has 4 nitrogen and oxygen atoms in total. The summed E-state index contributed by atoms with van der Waals surface area (Å²) in [6, 6.07) is 5.87. The van der Waals surface area contributed by atoms with Crippen LogP contribution in [-0.4, -0.2) is 24.5 Å². The van der Waals surface area contributed by atoms with Crippen molar-refractivity contribution in [2.24, 2.45) is 0 Å². The average Bonchev–Trinajstić information content (AvgIpc) is 2.57. The molecule has 0 spiro atoms. The van der Waals surface area contributed by atoms with Crippen molar-refractivity contribution in [3.8, 4) is 0 Å². The molecule has 0 aliphatic heterocycles. The van der Waals surface area contributed by atoms with E-state index < -0.39 is 5.97 Å². The highest BCUT2D eigenvalue weighted by Gasteiger charge is 2.15. The summed E-state index contributed by atoms with van der Waals surface area (Å²) in [6.07, 6.45) is 6.24. The molecule has 0 fully saturated rings. The highest BCUT2D eigenvalue weighted by Crippen LogP contribution is 2.22. The molecule has 120 valence electrons. The van der Waals surface area contributed by atoms with Crippen LogP contribution in [0.15, 0.2) is 18.2 Å². The lowest BCUT2D eigenvalue weighted by atomic mass is 9.90. The number of rotatable bonds is 6. The molecule has 2 rings (SSSR count). The fourth-order valence-corrected chi connectivity index (χ4v) is 2.84. The van der Waals surface area contributed by atoms with E-state index in [1.54, 1.807) is 6.07 Å². The van der Waals surface area contributed by atoms with Gasteiger partial charge in [-0.2, -0.15) is 0 Å². The smallest absolute Gasteiger partial charge is 0.338 e. The Hall–Kier alpha value is -1.84. The number of carbonyl (C=O) groups excluding carboxylic acids is 2. The Bertz CT molecular complexity index is 535. The molecule has 0 unspecified atom stereocenters. The third-order valence-corrected chi connectivity index (χ3v) is 4.27. The summed E-state index contributed by atoms with van der Waals surface area (Å²) in [5, 5.41) is 2.86. The van der Waals surface area contributed by atoms with Crippen LogP contribution in [0.1, 0.15) is 61.0 Å². The van der Waals surface area contributed by atoms with Crippen LogP contribution in [0, 0.1) is 0 Å². The van der Waals surface area contributed by atoms with Gasteiger partial charge in [0, 0.05) is 6.04 Å². The third kappa shape index (κ3) is 4.33. The SMILES string of the molecule is CCC(CC)NC(=O)COC(=O)c1ccc2c(c1)CCCC2. The zero-order valence-electron chi connectivity index (χ0n) is 13.5. The summed E-state index contributed by atoms with van der Waals surface area (Å²) in [5.41, 5.74) is 3.10. The largest absolute Gasteiger partial charge is 0.452 e. The molecule has 1 aromatic carbocycles. The average molecular weight is 303 g/mol. The van der Waals surface area contributed by atoms with Gasteiger partial charge in [-0.15, -0.1) is 0 Å². The molecule has 1 N–H and O–H groups in total. The minimum Gasteiger partial charge on any atom is -0.452 e. The first-order valence-electron chi connectivity index (χ1n) is 8.22. The van der Waals surface area contributed by atoms with Crippen LogP contribution < -0.4 is 5.32 Å². The van der Waals surface area contributed by atoms with Gasteiger partial charge in [0.05, 0.1) is 5.56 Å². The van der Waals surface area contributed by atoms with Gasteiger partial charge in [-0.3, -0.25) is 4.79 Å². The number of carbonyl (C=O) groups is 2. The summed E-state index contributed by atoms with van der Waals surface area (Å²) in [7, 11) is 0. The lowest BCUT2D eigenvalue weighted by Gasteiger charge is -2.16. The molecule has 0 heterocycles. The molecule has 1 amide bonds. The van der Waals surface area contributed by atoms with Gasteiger partial charge in [-0.1, -0.05) is 19.9 Å².